The van der Waals surface area contributed by atoms with E-state index in [2.05, 4.69) is 32.0 Å². The van der Waals surface area contributed by atoms with Crippen molar-refractivity contribution in [2.45, 2.75) is 32.8 Å². The lowest BCUT2D eigenvalue weighted by Crippen LogP contribution is -2.14. The van der Waals surface area contributed by atoms with E-state index >= 15 is 0 Å². The van der Waals surface area contributed by atoms with Gasteiger partial charge in [-0.25, -0.2) is 0 Å². The molecule has 0 bridgehead atoms. The van der Waals surface area contributed by atoms with E-state index in [1.54, 1.807) is 0 Å². The maximum absolute atomic E-state index is 10.1. The van der Waals surface area contributed by atoms with Crippen LogP contribution in [0.4, 0.5) is 0 Å². The SMILES string of the molecule is Cc1ccc(C)c(CC(O)Cc2ccc(Cl)s2)c1. The Morgan fingerprint density at radius 1 is 1.17 bits per heavy atom. The minimum Gasteiger partial charge on any atom is -0.392 e. The van der Waals surface area contributed by atoms with Gasteiger partial charge in [0, 0.05) is 11.3 Å². The van der Waals surface area contributed by atoms with Crippen LogP contribution in [-0.4, -0.2) is 11.2 Å². The molecule has 1 atom stereocenters. The van der Waals surface area contributed by atoms with Crippen molar-refractivity contribution in [2.24, 2.45) is 0 Å². The molecule has 0 fully saturated rings. The second-order valence-corrected chi connectivity index (χ2v) is 6.50. The Balaban J connectivity index is 2.02. The van der Waals surface area contributed by atoms with Crippen molar-refractivity contribution in [3.63, 3.8) is 0 Å². The van der Waals surface area contributed by atoms with Gasteiger partial charge < -0.3 is 5.11 Å². The number of aliphatic hydroxyl groups is 1. The van der Waals surface area contributed by atoms with Crippen molar-refractivity contribution >= 4 is 22.9 Å². The fourth-order valence-corrected chi connectivity index (χ4v) is 3.20. The van der Waals surface area contributed by atoms with Crippen molar-refractivity contribution in [3.05, 3.63) is 56.2 Å². The van der Waals surface area contributed by atoms with Crippen LogP contribution < -0.4 is 0 Å². The lowest BCUT2D eigenvalue weighted by Gasteiger charge is -2.12. The Labute approximate surface area is 117 Å². The third kappa shape index (κ3) is 3.58. The maximum Gasteiger partial charge on any atom is 0.0931 e. The smallest absolute Gasteiger partial charge is 0.0931 e. The first kappa shape index (κ1) is 13.6. The second-order valence-electron chi connectivity index (χ2n) is 4.70. The molecule has 0 saturated heterocycles. The average Bonchev–Trinajstić information content (AvgIpc) is 2.69. The largest absolute Gasteiger partial charge is 0.392 e. The van der Waals surface area contributed by atoms with E-state index in [1.165, 1.54) is 28.0 Å². The van der Waals surface area contributed by atoms with E-state index in [0.717, 1.165) is 9.21 Å². The van der Waals surface area contributed by atoms with Gasteiger partial charge in [-0.2, -0.15) is 0 Å². The Morgan fingerprint density at radius 3 is 2.61 bits per heavy atom. The van der Waals surface area contributed by atoms with Gasteiger partial charge in [0.05, 0.1) is 10.4 Å². The molecule has 1 aromatic heterocycles. The van der Waals surface area contributed by atoms with Crippen LogP contribution in [-0.2, 0) is 12.8 Å². The predicted molar refractivity (Wildman–Crippen MR) is 78.7 cm³/mol. The molecule has 0 aliphatic heterocycles. The number of aryl methyl sites for hydroxylation is 2. The molecule has 0 aliphatic carbocycles. The number of thiophene rings is 1. The van der Waals surface area contributed by atoms with E-state index in [0.29, 0.717) is 12.8 Å². The summed E-state index contributed by atoms with van der Waals surface area (Å²) in [6.45, 7) is 4.16. The van der Waals surface area contributed by atoms with Gasteiger partial charge in [-0.05, 0) is 43.5 Å². The molecule has 0 amide bonds. The van der Waals surface area contributed by atoms with Gasteiger partial charge in [0.15, 0.2) is 0 Å². The van der Waals surface area contributed by atoms with Crippen molar-refractivity contribution in [2.75, 3.05) is 0 Å². The molecule has 1 heterocycles. The molecule has 0 radical (unpaired) electrons. The summed E-state index contributed by atoms with van der Waals surface area (Å²) in [5.41, 5.74) is 3.70. The maximum atomic E-state index is 10.1. The lowest BCUT2D eigenvalue weighted by molar-refractivity contribution is 0.176. The molecule has 96 valence electrons. The van der Waals surface area contributed by atoms with E-state index in [-0.39, 0.29) is 6.10 Å². The molecule has 2 rings (SSSR count). The highest BCUT2D eigenvalue weighted by atomic mass is 35.5. The summed E-state index contributed by atoms with van der Waals surface area (Å²) in [6, 6.07) is 10.2. The molecule has 0 spiro atoms. The zero-order valence-electron chi connectivity index (χ0n) is 10.6. The van der Waals surface area contributed by atoms with Crippen molar-refractivity contribution in [1.82, 2.24) is 0 Å². The van der Waals surface area contributed by atoms with Crippen LogP contribution in [0.1, 0.15) is 21.6 Å². The van der Waals surface area contributed by atoms with Crippen molar-refractivity contribution in [1.29, 1.82) is 0 Å². The summed E-state index contributed by atoms with van der Waals surface area (Å²) < 4.78 is 0.781. The normalized spacial score (nSPS) is 12.7. The first-order valence-electron chi connectivity index (χ1n) is 6.03. The highest BCUT2D eigenvalue weighted by Gasteiger charge is 2.10. The summed E-state index contributed by atoms with van der Waals surface area (Å²) in [5, 5.41) is 10.1. The molecule has 0 aliphatic rings. The van der Waals surface area contributed by atoms with Crippen LogP contribution in [0, 0.1) is 13.8 Å². The monoisotopic (exact) mass is 280 g/mol. The molecule has 18 heavy (non-hydrogen) atoms. The zero-order valence-corrected chi connectivity index (χ0v) is 12.2. The summed E-state index contributed by atoms with van der Waals surface area (Å²) in [5.74, 6) is 0. The quantitative estimate of drug-likeness (QED) is 0.891. The average molecular weight is 281 g/mol. The van der Waals surface area contributed by atoms with Crippen LogP contribution in [0.15, 0.2) is 30.3 Å². The first-order chi connectivity index (χ1) is 8.54. The Morgan fingerprint density at radius 2 is 1.94 bits per heavy atom. The van der Waals surface area contributed by atoms with Gasteiger partial charge in [-0.1, -0.05) is 35.4 Å². The molecule has 1 unspecified atom stereocenters. The minimum absolute atomic E-state index is 0.347. The molecule has 1 nitrogen and oxygen atoms in total. The Kier molecular flexibility index (Phi) is 4.44. The van der Waals surface area contributed by atoms with Crippen LogP contribution in [0.25, 0.3) is 0 Å². The number of hydrogen-bond donors (Lipinski definition) is 1. The molecular formula is C15H17ClOS. The number of hydrogen-bond acceptors (Lipinski definition) is 2. The van der Waals surface area contributed by atoms with Crippen LogP contribution >= 0.6 is 22.9 Å². The summed E-state index contributed by atoms with van der Waals surface area (Å²) in [7, 11) is 0. The predicted octanol–water partition coefficient (Wildman–Crippen LogP) is 4.16. The second kappa shape index (κ2) is 5.87. The fourth-order valence-electron chi connectivity index (χ4n) is 2.04. The molecule has 3 heteroatoms. The fraction of sp³-hybridized carbons (Fsp3) is 0.333. The van der Waals surface area contributed by atoms with Gasteiger partial charge in [0.2, 0.25) is 0 Å². The van der Waals surface area contributed by atoms with Crippen LogP contribution in [0.5, 0.6) is 0 Å². The Hall–Kier alpha value is -0.830. The molecule has 1 N–H and O–H groups in total. The van der Waals surface area contributed by atoms with Crippen molar-refractivity contribution in [3.8, 4) is 0 Å². The third-order valence-electron chi connectivity index (χ3n) is 3.03. The van der Waals surface area contributed by atoms with E-state index in [4.69, 9.17) is 11.6 Å². The molecule has 2 aromatic rings. The number of aliphatic hydroxyl groups excluding tert-OH is 1. The van der Waals surface area contributed by atoms with E-state index in [9.17, 15) is 5.11 Å². The van der Waals surface area contributed by atoms with Crippen LogP contribution in [0.2, 0.25) is 4.34 Å². The van der Waals surface area contributed by atoms with Gasteiger partial charge in [-0.15, -0.1) is 11.3 Å². The highest BCUT2D eigenvalue weighted by Crippen LogP contribution is 2.23. The van der Waals surface area contributed by atoms with Gasteiger partial charge in [0.1, 0.15) is 0 Å². The third-order valence-corrected chi connectivity index (χ3v) is 4.28. The molecule has 1 aromatic carbocycles. The van der Waals surface area contributed by atoms with E-state index in [1.807, 2.05) is 12.1 Å². The topological polar surface area (TPSA) is 20.2 Å². The summed E-state index contributed by atoms with van der Waals surface area (Å²) in [4.78, 5) is 1.14. The van der Waals surface area contributed by atoms with Gasteiger partial charge in [-0.3, -0.25) is 0 Å². The lowest BCUT2D eigenvalue weighted by atomic mass is 9.99. The number of halogens is 1. The summed E-state index contributed by atoms with van der Waals surface area (Å²) in [6.07, 6.45) is 1.02. The minimum atomic E-state index is -0.347. The standard InChI is InChI=1S/C15H17ClOS/c1-10-3-4-11(2)12(7-10)8-13(17)9-14-5-6-15(16)18-14/h3-7,13,17H,8-9H2,1-2H3. The highest BCUT2D eigenvalue weighted by molar-refractivity contribution is 7.16. The molecular weight excluding hydrogens is 264 g/mol. The van der Waals surface area contributed by atoms with Gasteiger partial charge >= 0.3 is 0 Å². The Bertz CT molecular complexity index is 533. The zero-order chi connectivity index (χ0) is 13.1. The number of rotatable bonds is 4. The molecule has 0 saturated carbocycles. The van der Waals surface area contributed by atoms with Crippen molar-refractivity contribution < 1.29 is 5.11 Å². The number of benzene rings is 1. The van der Waals surface area contributed by atoms with Crippen LogP contribution in [0.3, 0.4) is 0 Å². The van der Waals surface area contributed by atoms with E-state index < -0.39 is 0 Å². The summed E-state index contributed by atoms with van der Waals surface area (Å²) >= 11 is 7.43. The first-order valence-corrected chi connectivity index (χ1v) is 7.22. The van der Waals surface area contributed by atoms with Gasteiger partial charge in [0.25, 0.3) is 0 Å².